The second-order valence-electron chi connectivity index (χ2n) is 6.85. The SMILES string of the molecule is CCn1nc(CC(C)C)cc1C(=O)Nc1nc(N2CCOCC2)ncc1F. The predicted molar refractivity (Wildman–Crippen MR) is 99.4 cm³/mol. The van der Waals surface area contributed by atoms with Crippen LogP contribution < -0.4 is 10.2 Å². The minimum absolute atomic E-state index is 0.134. The molecule has 3 rings (SSSR count). The number of hydrogen-bond donors (Lipinski definition) is 1. The van der Waals surface area contributed by atoms with Crippen molar-refractivity contribution in [1.82, 2.24) is 19.7 Å². The van der Waals surface area contributed by atoms with Crippen molar-refractivity contribution in [2.75, 3.05) is 36.5 Å². The van der Waals surface area contributed by atoms with Gasteiger partial charge in [-0.25, -0.2) is 9.37 Å². The molecule has 2 aromatic rings. The minimum atomic E-state index is -0.676. The van der Waals surface area contributed by atoms with Gasteiger partial charge in [-0.1, -0.05) is 13.8 Å². The van der Waals surface area contributed by atoms with E-state index in [2.05, 4.69) is 34.2 Å². The second-order valence-corrected chi connectivity index (χ2v) is 6.85. The van der Waals surface area contributed by atoms with E-state index in [0.717, 1.165) is 18.3 Å². The third kappa shape index (κ3) is 4.60. The molecular formula is C18H25FN6O2. The lowest BCUT2D eigenvalue weighted by molar-refractivity contribution is 0.101. The minimum Gasteiger partial charge on any atom is -0.378 e. The van der Waals surface area contributed by atoms with Crippen LogP contribution in [0.15, 0.2) is 12.3 Å². The van der Waals surface area contributed by atoms with Crippen molar-refractivity contribution in [2.45, 2.75) is 33.7 Å². The van der Waals surface area contributed by atoms with Gasteiger partial charge in [-0.3, -0.25) is 9.48 Å². The molecule has 2 aromatic heterocycles. The lowest BCUT2D eigenvalue weighted by atomic mass is 10.1. The van der Waals surface area contributed by atoms with Crippen molar-refractivity contribution in [3.63, 3.8) is 0 Å². The van der Waals surface area contributed by atoms with Crippen LogP contribution >= 0.6 is 0 Å². The van der Waals surface area contributed by atoms with Crippen LogP contribution in [0.5, 0.6) is 0 Å². The van der Waals surface area contributed by atoms with E-state index in [4.69, 9.17) is 4.74 Å². The number of halogens is 1. The highest BCUT2D eigenvalue weighted by atomic mass is 19.1. The normalized spacial score (nSPS) is 14.6. The molecule has 0 saturated carbocycles. The first kappa shape index (κ1) is 19.2. The summed E-state index contributed by atoms with van der Waals surface area (Å²) in [4.78, 5) is 22.8. The zero-order valence-corrected chi connectivity index (χ0v) is 15.9. The molecule has 1 aliphatic rings. The molecule has 0 radical (unpaired) electrons. The highest BCUT2D eigenvalue weighted by Crippen LogP contribution is 2.18. The number of hydrogen-bond acceptors (Lipinski definition) is 6. The topological polar surface area (TPSA) is 85.2 Å². The van der Waals surface area contributed by atoms with Crippen LogP contribution in [0, 0.1) is 11.7 Å². The quantitative estimate of drug-likeness (QED) is 0.831. The van der Waals surface area contributed by atoms with E-state index in [9.17, 15) is 9.18 Å². The molecule has 146 valence electrons. The summed E-state index contributed by atoms with van der Waals surface area (Å²) in [7, 11) is 0. The molecule has 0 aromatic carbocycles. The van der Waals surface area contributed by atoms with Gasteiger partial charge in [0.1, 0.15) is 5.69 Å². The molecule has 1 N–H and O–H groups in total. The predicted octanol–water partition coefficient (Wildman–Crippen LogP) is 2.12. The highest BCUT2D eigenvalue weighted by molar-refractivity contribution is 6.02. The molecule has 9 heteroatoms. The number of nitrogens with one attached hydrogen (secondary N) is 1. The van der Waals surface area contributed by atoms with Gasteiger partial charge in [0.25, 0.3) is 5.91 Å². The number of aromatic nitrogens is 4. The van der Waals surface area contributed by atoms with Gasteiger partial charge in [0.15, 0.2) is 11.6 Å². The van der Waals surface area contributed by atoms with Gasteiger partial charge in [-0.2, -0.15) is 10.1 Å². The molecule has 0 unspecified atom stereocenters. The summed E-state index contributed by atoms with van der Waals surface area (Å²) in [5.74, 6) is -0.447. The summed E-state index contributed by atoms with van der Waals surface area (Å²) < 4.78 is 21.1. The summed E-state index contributed by atoms with van der Waals surface area (Å²) in [6, 6.07) is 1.75. The molecular weight excluding hydrogens is 351 g/mol. The Morgan fingerprint density at radius 2 is 2.11 bits per heavy atom. The molecule has 0 atom stereocenters. The number of aryl methyl sites for hydroxylation is 1. The first-order valence-corrected chi connectivity index (χ1v) is 9.21. The van der Waals surface area contributed by atoms with Crippen LogP contribution in [0.3, 0.4) is 0 Å². The van der Waals surface area contributed by atoms with E-state index in [1.165, 1.54) is 0 Å². The Hall–Kier alpha value is -2.55. The highest BCUT2D eigenvalue weighted by Gasteiger charge is 2.20. The maximum atomic E-state index is 14.2. The third-order valence-corrected chi connectivity index (χ3v) is 4.24. The molecule has 0 spiro atoms. The number of carbonyl (C=O) groups excluding carboxylic acids is 1. The smallest absolute Gasteiger partial charge is 0.275 e. The van der Waals surface area contributed by atoms with Crippen LogP contribution in [0.2, 0.25) is 0 Å². The second kappa shape index (κ2) is 8.43. The van der Waals surface area contributed by atoms with Gasteiger partial charge in [0.05, 0.1) is 25.1 Å². The van der Waals surface area contributed by atoms with Crippen LogP contribution in [0.25, 0.3) is 0 Å². The fourth-order valence-corrected chi connectivity index (χ4v) is 2.94. The Morgan fingerprint density at radius 3 is 2.78 bits per heavy atom. The van der Waals surface area contributed by atoms with Crippen molar-refractivity contribution in [3.8, 4) is 0 Å². The van der Waals surface area contributed by atoms with E-state index < -0.39 is 11.7 Å². The largest absolute Gasteiger partial charge is 0.378 e. The van der Waals surface area contributed by atoms with E-state index in [1.54, 1.807) is 10.7 Å². The summed E-state index contributed by atoms with van der Waals surface area (Å²) in [6.45, 7) is 9.02. The summed E-state index contributed by atoms with van der Waals surface area (Å²) >= 11 is 0. The zero-order chi connectivity index (χ0) is 19.4. The lowest BCUT2D eigenvalue weighted by Crippen LogP contribution is -2.37. The maximum Gasteiger partial charge on any atom is 0.275 e. The number of rotatable bonds is 6. The average Bonchev–Trinajstić information content (AvgIpc) is 3.06. The van der Waals surface area contributed by atoms with Crippen molar-refractivity contribution < 1.29 is 13.9 Å². The van der Waals surface area contributed by atoms with Crippen molar-refractivity contribution in [2.24, 2.45) is 5.92 Å². The molecule has 8 nitrogen and oxygen atoms in total. The van der Waals surface area contributed by atoms with Crippen LogP contribution in [0.4, 0.5) is 16.2 Å². The van der Waals surface area contributed by atoms with Crippen molar-refractivity contribution in [3.05, 3.63) is 29.5 Å². The summed E-state index contributed by atoms with van der Waals surface area (Å²) in [5, 5.41) is 7.02. The molecule has 27 heavy (non-hydrogen) atoms. The van der Waals surface area contributed by atoms with Crippen molar-refractivity contribution in [1.29, 1.82) is 0 Å². The van der Waals surface area contributed by atoms with Gasteiger partial charge < -0.3 is 15.0 Å². The first-order chi connectivity index (χ1) is 13.0. The van der Waals surface area contributed by atoms with E-state index >= 15 is 0 Å². The van der Waals surface area contributed by atoms with E-state index in [0.29, 0.717) is 50.4 Å². The standard InChI is InChI=1S/C18H25FN6O2/c1-4-25-15(10-13(23-25)9-12(2)3)17(26)21-16-14(19)11-20-18(22-16)24-5-7-27-8-6-24/h10-12H,4-9H2,1-3H3,(H,20,21,22,26). The molecule has 1 fully saturated rings. The Kier molecular flexibility index (Phi) is 6.00. The number of nitrogens with zero attached hydrogens (tertiary/aromatic N) is 5. The van der Waals surface area contributed by atoms with E-state index in [1.807, 2.05) is 11.8 Å². The number of ether oxygens (including phenoxy) is 1. The molecule has 0 bridgehead atoms. The van der Waals surface area contributed by atoms with Crippen LogP contribution in [0.1, 0.15) is 37.0 Å². The average molecular weight is 376 g/mol. The number of morpholine rings is 1. The van der Waals surface area contributed by atoms with E-state index in [-0.39, 0.29) is 5.82 Å². The van der Waals surface area contributed by atoms with Gasteiger partial charge in [0.2, 0.25) is 5.95 Å². The molecule has 3 heterocycles. The molecule has 1 amide bonds. The monoisotopic (exact) mass is 376 g/mol. The number of anilines is 2. The lowest BCUT2D eigenvalue weighted by Gasteiger charge is -2.26. The van der Waals surface area contributed by atoms with Gasteiger partial charge in [-0.05, 0) is 25.3 Å². The molecule has 1 aliphatic heterocycles. The zero-order valence-electron chi connectivity index (χ0n) is 15.9. The maximum absolute atomic E-state index is 14.2. The fraction of sp³-hybridized carbons (Fsp3) is 0.556. The van der Waals surface area contributed by atoms with Gasteiger partial charge in [-0.15, -0.1) is 0 Å². The Labute approximate surface area is 157 Å². The van der Waals surface area contributed by atoms with Crippen LogP contribution in [-0.2, 0) is 17.7 Å². The Bertz CT molecular complexity index is 801. The molecule has 1 saturated heterocycles. The van der Waals surface area contributed by atoms with Gasteiger partial charge in [0, 0.05) is 19.6 Å². The Morgan fingerprint density at radius 1 is 1.37 bits per heavy atom. The third-order valence-electron chi connectivity index (χ3n) is 4.24. The fourth-order valence-electron chi connectivity index (χ4n) is 2.94. The molecule has 0 aliphatic carbocycles. The number of amides is 1. The summed E-state index contributed by atoms with van der Waals surface area (Å²) in [6.07, 6.45) is 1.85. The summed E-state index contributed by atoms with van der Waals surface area (Å²) in [5.41, 5.74) is 1.23. The van der Waals surface area contributed by atoms with Gasteiger partial charge >= 0.3 is 0 Å². The van der Waals surface area contributed by atoms with Crippen LogP contribution in [-0.4, -0.2) is 52.0 Å². The first-order valence-electron chi connectivity index (χ1n) is 9.21. The number of carbonyl (C=O) groups is 1. The van der Waals surface area contributed by atoms with Crippen molar-refractivity contribution >= 4 is 17.7 Å². The Balaban J connectivity index is 1.80.